The number of nitrogens with one attached hydrogen (secondary N) is 2. The zero-order chi connectivity index (χ0) is 14.2. The molecule has 1 atom stereocenters. The average molecular weight is 378 g/mol. The summed E-state index contributed by atoms with van der Waals surface area (Å²) in [7, 11) is 0. The molecule has 100 valence electrons. The third kappa shape index (κ3) is 1.98. The highest BCUT2D eigenvalue weighted by Gasteiger charge is 2.49. The summed E-state index contributed by atoms with van der Waals surface area (Å²) in [5.41, 5.74) is 0.333. The molecule has 1 aliphatic rings. The summed E-state index contributed by atoms with van der Waals surface area (Å²) in [5.74, 6) is -0.352. The molecule has 3 rings (SSSR count). The van der Waals surface area contributed by atoms with Crippen molar-refractivity contribution in [3.05, 3.63) is 69.3 Å². The van der Waals surface area contributed by atoms with Crippen molar-refractivity contribution in [2.75, 3.05) is 0 Å². The Bertz CT molecular complexity index is 670. The van der Waals surface area contributed by atoms with E-state index in [0.717, 1.165) is 14.7 Å². The van der Waals surface area contributed by atoms with Crippen LogP contribution in [0, 0.1) is 3.57 Å². The van der Waals surface area contributed by atoms with Crippen molar-refractivity contribution >= 4 is 34.5 Å². The molecular weight excluding hydrogens is 367 g/mol. The van der Waals surface area contributed by atoms with Gasteiger partial charge in [0.25, 0.3) is 5.91 Å². The van der Waals surface area contributed by atoms with Gasteiger partial charge in [-0.15, -0.1) is 0 Å². The van der Waals surface area contributed by atoms with Crippen LogP contribution in [0.5, 0.6) is 0 Å². The monoisotopic (exact) mass is 378 g/mol. The number of rotatable bonds is 2. The van der Waals surface area contributed by atoms with Crippen LogP contribution in [-0.2, 0) is 10.3 Å². The summed E-state index contributed by atoms with van der Waals surface area (Å²) in [5, 5.41) is 5.10. The molecule has 2 N–H and O–H groups in total. The summed E-state index contributed by atoms with van der Waals surface area (Å²) in [4.78, 5) is 24.0. The van der Waals surface area contributed by atoms with Crippen molar-refractivity contribution in [2.24, 2.45) is 0 Å². The van der Waals surface area contributed by atoms with Crippen LogP contribution in [0.15, 0.2) is 54.6 Å². The van der Waals surface area contributed by atoms with Gasteiger partial charge in [0.15, 0.2) is 5.54 Å². The van der Waals surface area contributed by atoms with Crippen LogP contribution in [-0.4, -0.2) is 11.9 Å². The first-order valence-corrected chi connectivity index (χ1v) is 7.16. The van der Waals surface area contributed by atoms with Crippen molar-refractivity contribution in [3.63, 3.8) is 0 Å². The van der Waals surface area contributed by atoms with E-state index >= 15 is 0 Å². The summed E-state index contributed by atoms with van der Waals surface area (Å²) in [6, 6.07) is 16.3. The van der Waals surface area contributed by atoms with E-state index < -0.39 is 11.6 Å². The summed E-state index contributed by atoms with van der Waals surface area (Å²) >= 11 is 2.20. The van der Waals surface area contributed by atoms with Crippen LogP contribution in [0.3, 0.4) is 0 Å². The Morgan fingerprint density at radius 3 is 2.00 bits per heavy atom. The molecule has 0 spiro atoms. The van der Waals surface area contributed by atoms with Gasteiger partial charge in [0, 0.05) is 3.57 Å². The van der Waals surface area contributed by atoms with Crippen LogP contribution >= 0.6 is 22.6 Å². The van der Waals surface area contributed by atoms with Gasteiger partial charge in [-0.25, -0.2) is 4.79 Å². The first kappa shape index (κ1) is 13.1. The number of imide groups is 1. The maximum absolute atomic E-state index is 12.4. The molecule has 2 aromatic rings. The van der Waals surface area contributed by atoms with Crippen LogP contribution in [0.1, 0.15) is 11.1 Å². The fraction of sp³-hybridized carbons (Fsp3) is 0.0667. The van der Waals surface area contributed by atoms with E-state index in [2.05, 4.69) is 33.2 Å². The number of carbonyl (C=O) groups is 2. The minimum Gasteiger partial charge on any atom is -0.316 e. The number of halogens is 1. The van der Waals surface area contributed by atoms with Gasteiger partial charge in [0.1, 0.15) is 0 Å². The number of urea groups is 1. The number of hydrogen-bond donors (Lipinski definition) is 2. The first-order valence-electron chi connectivity index (χ1n) is 6.08. The molecule has 0 aromatic heterocycles. The fourth-order valence-electron chi connectivity index (χ4n) is 2.42. The maximum Gasteiger partial charge on any atom is 0.322 e. The lowest BCUT2D eigenvalue weighted by Crippen LogP contribution is -2.44. The molecule has 1 saturated heterocycles. The Morgan fingerprint density at radius 2 is 1.45 bits per heavy atom. The minimum atomic E-state index is -1.15. The predicted molar refractivity (Wildman–Crippen MR) is 83.1 cm³/mol. The number of benzene rings is 2. The quantitative estimate of drug-likeness (QED) is 0.623. The third-order valence-electron chi connectivity index (χ3n) is 3.35. The molecule has 4 nitrogen and oxygen atoms in total. The molecule has 5 heteroatoms. The van der Waals surface area contributed by atoms with Crippen molar-refractivity contribution in [3.8, 4) is 0 Å². The third-order valence-corrected chi connectivity index (χ3v) is 4.07. The minimum absolute atomic E-state index is 0.352. The normalized spacial score (nSPS) is 21.4. The van der Waals surface area contributed by atoms with Crippen LogP contribution in [0.2, 0.25) is 0 Å². The molecule has 0 saturated carbocycles. The lowest BCUT2D eigenvalue weighted by molar-refractivity contribution is -0.122. The van der Waals surface area contributed by atoms with Gasteiger partial charge in [-0.3, -0.25) is 10.1 Å². The predicted octanol–water partition coefficient (Wildman–Crippen LogP) is 2.37. The molecule has 0 radical (unpaired) electrons. The molecule has 2 aromatic carbocycles. The van der Waals surface area contributed by atoms with E-state index in [-0.39, 0.29) is 5.91 Å². The van der Waals surface area contributed by atoms with Gasteiger partial charge in [0.2, 0.25) is 0 Å². The lowest BCUT2D eigenvalue weighted by Gasteiger charge is -2.27. The van der Waals surface area contributed by atoms with Crippen LogP contribution in [0.4, 0.5) is 4.79 Å². The first-order chi connectivity index (χ1) is 9.63. The summed E-state index contributed by atoms with van der Waals surface area (Å²) < 4.78 is 1.07. The highest BCUT2D eigenvalue weighted by Crippen LogP contribution is 2.32. The van der Waals surface area contributed by atoms with Gasteiger partial charge in [-0.2, -0.15) is 0 Å². The highest BCUT2D eigenvalue weighted by atomic mass is 127. The zero-order valence-electron chi connectivity index (χ0n) is 10.4. The van der Waals surface area contributed by atoms with E-state index in [1.807, 2.05) is 54.6 Å². The Balaban J connectivity index is 2.21. The number of hydrogen-bond acceptors (Lipinski definition) is 2. The lowest BCUT2D eigenvalue weighted by atomic mass is 9.83. The van der Waals surface area contributed by atoms with E-state index in [1.54, 1.807) is 0 Å². The van der Waals surface area contributed by atoms with Gasteiger partial charge in [-0.1, -0.05) is 42.5 Å². The second kappa shape index (κ2) is 4.90. The molecule has 1 aliphatic heterocycles. The average Bonchev–Trinajstić information content (AvgIpc) is 2.76. The Hall–Kier alpha value is -1.89. The van der Waals surface area contributed by atoms with Gasteiger partial charge in [0.05, 0.1) is 0 Å². The molecule has 20 heavy (non-hydrogen) atoms. The second-order valence-corrected chi connectivity index (χ2v) is 5.78. The van der Waals surface area contributed by atoms with Gasteiger partial charge in [-0.05, 0) is 45.9 Å². The maximum atomic E-state index is 12.4. The van der Waals surface area contributed by atoms with E-state index in [9.17, 15) is 9.59 Å². The van der Waals surface area contributed by atoms with Crippen molar-refractivity contribution < 1.29 is 9.59 Å². The Morgan fingerprint density at radius 1 is 0.850 bits per heavy atom. The topological polar surface area (TPSA) is 58.2 Å². The van der Waals surface area contributed by atoms with Crippen LogP contribution in [0.25, 0.3) is 0 Å². The number of amides is 3. The second-order valence-electron chi connectivity index (χ2n) is 4.53. The van der Waals surface area contributed by atoms with Gasteiger partial charge >= 0.3 is 6.03 Å². The molecule has 0 bridgehead atoms. The van der Waals surface area contributed by atoms with Crippen molar-refractivity contribution in [1.29, 1.82) is 0 Å². The Kier molecular flexibility index (Phi) is 3.21. The van der Waals surface area contributed by atoms with Crippen molar-refractivity contribution in [2.45, 2.75) is 5.54 Å². The molecule has 1 fully saturated rings. The highest BCUT2D eigenvalue weighted by molar-refractivity contribution is 14.1. The fourth-order valence-corrected chi connectivity index (χ4v) is 2.78. The summed E-state index contributed by atoms with van der Waals surface area (Å²) in [6.45, 7) is 0. The smallest absolute Gasteiger partial charge is 0.316 e. The molecular formula is C15H11IN2O2. The number of carbonyl (C=O) groups excluding carboxylic acids is 2. The van der Waals surface area contributed by atoms with Crippen LogP contribution < -0.4 is 10.6 Å². The summed E-state index contributed by atoms with van der Waals surface area (Å²) in [6.07, 6.45) is 0. The van der Waals surface area contributed by atoms with Gasteiger partial charge < -0.3 is 5.32 Å². The standard InChI is InChI=1S/C15H11IN2O2/c16-12-8-6-11(7-9-12)15(10-4-2-1-3-5-10)13(19)17-14(20)18-15/h1-9H,(H2,17,18,19,20). The van der Waals surface area contributed by atoms with Crippen molar-refractivity contribution in [1.82, 2.24) is 10.6 Å². The van der Waals surface area contributed by atoms with E-state index in [4.69, 9.17) is 0 Å². The zero-order valence-corrected chi connectivity index (χ0v) is 12.5. The van der Waals surface area contributed by atoms with E-state index in [0.29, 0.717) is 0 Å². The van der Waals surface area contributed by atoms with E-state index in [1.165, 1.54) is 0 Å². The molecule has 3 amide bonds. The SMILES string of the molecule is O=C1NC(=O)C(c2ccccc2)(c2ccc(I)cc2)N1. The Labute approximate surface area is 129 Å². The molecule has 0 aliphatic carbocycles. The molecule has 1 unspecified atom stereocenters. The molecule has 1 heterocycles. The largest absolute Gasteiger partial charge is 0.322 e.